The molecule has 0 radical (unpaired) electrons. The molecule has 75 heavy (non-hydrogen) atoms. The minimum Gasteiger partial charge on any atom is -0.456 e. The average molecular weight is 952 g/mol. The van der Waals surface area contributed by atoms with Gasteiger partial charge in [0.1, 0.15) is 11.2 Å². The fourth-order valence-corrected chi connectivity index (χ4v) is 13.3. The minimum atomic E-state index is -0.569. The SMILES string of the molecule is c1ccc(-c2ccc(N(c3ccc4c5ccccc5c5ccccc5c4c3)c3cc4c(cc3-c3ccc5oc6ccccc6c5c3)-c3ccccc3C43c4ccccc4-c4ccccc43)c(-c3ccccc3)c2)cc1. The maximum absolute atomic E-state index is 6.52. The van der Waals surface area contributed by atoms with Gasteiger partial charge in [-0.25, -0.2) is 0 Å². The van der Waals surface area contributed by atoms with Crippen LogP contribution in [0.4, 0.5) is 17.1 Å². The molecule has 0 unspecified atom stereocenters. The molecular formula is C73H45NO. The summed E-state index contributed by atoms with van der Waals surface area (Å²) < 4.78 is 6.52. The number of hydrogen-bond acceptors (Lipinski definition) is 2. The average Bonchev–Trinajstić information content (AvgIpc) is 4.29. The molecule has 0 amide bonds. The molecule has 1 aromatic heterocycles. The lowest BCUT2D eigenvalue weighted by Gasteiger charge is -2.34. The molecule has 0 fully saturated rings. The molecular weight excluding hydrogens is 907 g/mol. The Bertz CT molecular complexity index is 4580. The molecule has 2 nitrogen and oxygen atoms in total. The number of benzene rings is 13. The third-order valence-electron chi connectivity index (χ3n) is 16.5. The van der Waals surface area contributed by atoms with Gasteiger partial charge in [0.05, 0.1) is 16.8 Å². The summed E-state index contributed by atoms with van der Waals surface area (Å²) in [7, 11) is 0. The molecule has 2 heteroatoms. The quantitative estimate of drug-likeness (QED) is 0.154. The maximum atomic E-state index is 6.52. The number of fused-ring (bicyclic) bond motifs is 19. The Labute approximate surface area is 434 Å². The summed E-state index contributed by atoms with van der Waals surface area (Å²) in [6.07, 6.45) is 0. The van der Waals surface area contributed by atoms with Crippen molar-refractivity contribution in [2.24, 2.45) is 0 Å². The van der Waals surface area contributed by atoms with Crippen LogP contribution in [0.5, 0.6) is 0 Å². The summed E-state index contributed by atoms with van der Waals surface area (Å²) in [6, 6.07) is 101. The smallest absolute Gasteiger partial charge is 0.135 e. The molecule has 0 saturated heterocycles. The largest absolute Gasteiger partial charge is 0.456 e. The molecule has 348 valence electrons. The summed E-state index contributed by atoms with van der Waals surface area (Å²) in [6.45, 7) is 0. The second kappa shape index (κ2) is 16.1. The molecule has 0 bridgehead atoms. The first-order valence-corrected chi connectivity index (χ1v) is 26.0. The lowest BCUT2D eigenvalue weighted by molar-refractivity contribution is 0.669. The van der Waals surface area contributed by atoms with Crippen molar-refractivity contribution >= 4 is 71.3 Å². The zero-order chi connectivity index (χ0) is 49.2. The Kier molecular flexibility index (Phi) is 8.99. The number of nitrogens with zero attached hydrogens (tertiary/aromatic N) is 1. The molecule has 16 rings (SSSR count). The highest BCUT2D eigenvalue weighted by atomic mass is 16.3. The first kappa shape index (κ1) is 41.8. The second-order valence-electron chi connectivity index (χ2n) is 20.2. The van der Waals surface area contributed by atoms with Crippen LogP contribution < -0.4 is 4.90 Å². The van der Waals surface area contributed by atoms with Crippen LogP contribution in [0, 0.1) is 0 Å². The summed E-state index contributed by atoms with van der Waals surface area (Å²) in [4.78, 5) is 2.58. The highest BCUT2D eigenvalue weighted by Gasteiger charge is 2.52. The molecule has 0 saturated carbocycles. The molecule has 1 heterocycles. The van der Waals surface area contributed by atoms with Gasteiger partial charge >= 0.3 is 0 Å². The van der Waals surface area contributed by atoms with Crippen LogP contribution in [0.3, 0.4) is 0 Å². The van der Waals surface area contributed by atoms with Gasteiger partial charge in [-0.15, -0.1) is 0 Å². The lowest BCUT2D eigenvalue weighted by atomic mass is 9.70. The molecule has 14 aromatic rings. The normalized spacial score (nSPS) is 12.9. The van der Waals surface area contributed by atoms with Crippen LogP contribution in [0.1, 0.15) is 22.3 Å². The summed E-state index contributed by atoms with van der Waals surface area (Å²) in [5.41, 5.74) is 21.6. The third-order valence-corrected chi connectivity index (χ3v) is 16.5. The van der Waals surface area contributed by atoms with E-state index in [1.807, 2.05) is 0 Å². The number of para-hydroxylation sites is 1. The molecule has 2 aliphatic rings. The molecule has 0 atom stereocenters. The van der Waals surface area contributed by atoms with Gasteiger partial charge in [-0.3, -0.25) is 0 Å². The van der Waals surface area contributed by atoms with E-state index in [4.69, 9.17) is 4.42 Å². The number of rotatable bonds is 6. The summed E-state index contributed by atoms with van der Waals surface area (Å²) in [5.74, 6) is 0. The van der Waals surface area contributed by atoms with E-state index in [9.17, 15) is 0 Å². The van der Waals surface area contributed by atoms with Gasteiger partial charge in [0.25, 0.3) is 0 Å². The van der Waals surface area contributed by atoms with Crippen LogP contribution in [-0.2, 0) is 5.41 Å². The van der Waals surface area contributed by atoms with Crippen LogP contribution in [0.2, 0.25) is 0 Å². The van der Waals surface area contributed by atoms with E-state index >= 15 is 0 Å². The molecule has 1 spiro atoms. The first-order chi connectivity index (χ1) is 37.2. The van der Waals surface area contributed by atoms with Gasteiger partial charge in [-0.2, -0.15) is 0 Å². The fourth-order valence-electron chi connectivity index (χ4n) is 13.3. The van der Waals surface area contributed by atoms with Crippen molar-refractivity contribution in [1.29, 1.82) is 0 Å². The van der Waals surface area contributed by atoms with Crippen molar-refractivity contribution in [3.63, 3.8) is 0 Å². The standard InChI is InChI=1S/C73H45NO/c1-3-19-46(20-4-1)48-35-39-69(60(41-48)47-21-5-2-6-22-47)74(50-37-38-55-53-25-8-7-23-51(53)52-24-9-10-26-54(52)62(55)43-50)70-45-68-63(44-61(70)49-36-40-72-64(42-49)59-30-14-18-34-71(59)75-72)58-29-13-17-33-67(58)73(68)65-31-15-11-27-56(65)57-28-12-16-32-66(57)73/h1-45H. The van der Waals surface area contributed by atoms with E-state index in [-0.39, 0.29) is 0 Å². The molecule has 13 aromatic carbocycles. The summed E-state index contributed by atoms with van der Waals surface area (Å²) in [5, 5.41) is 9.64. The molecule has 0 aliphatic heterocycles. The Morgan fingerprint density at radius 2 is 0.733 bits per heavy atom. The van der Waals surface area contributed by atoms with Gasteiger partial charge in [0.2, 0.25) is 0 Å². The van der Waals surface area contributed by atoms with E-state index in [2.05, 4.69) is 278 Å². The number of hydrogen-bond donors (Lipinski definition) is 0. The predicted octanol–water partition coefficient (Wildman–Crippen LogP) is 19.9. The van der Waals surface area contributed by atoms with Crippen molar-refractivity contribution < 1.29 is 4.42 Å². The van der Waals surface area contributed by atoms with Gasteiger partial charge in [0.15, 0.2) is 0 Å². The lowest BCUT2D eigenvalue weighted by Crippen LogP contribution is -2.26. The Morgan fingerprint density at radius 3 is 1.39 bits per heavy atom. The maximum Gasteiger partial charge on any atom is 0.135 e. The Balaban J connectivity index is 1.07. The highest BCUT2D eigenvalue weighted by molar-refractivity contribution is 6.26. The van der Waals surface area contributed by atoms with Crippen molar-refractivity contribution in [3.8, 4) is 55.6 Å². The van der Waals surface area contributed by atoms with Gasteiger partial charge < -0.3 is 9.32 Å². The van der Waals surface area contributed by atoms with Crippen molar-refractivity contribution in [1.82, 2.24) is 0 Å². The Hall–Kier alpha value is -9.76. The van der Waals surface area contributed by atoms with Crippen molar-refractivity contribution in [2.75, 3.05) is 4.90 Å². The molecule has 2 aliphatic carbocycles. The van der Waals surface area contributed by atoms with Gasteiger partial charge in [-0.1, -0.05) is 218 Å². The number of anilines is 3. The number of furan rings is 1. The van der Waals surface area contributed by atoms with E-state index in [1.54, 1.807) is 0 Å². The van der Waals surface area contributed by atoms with Gasteiger partial charge in [0, 0.05) is 27.6 Å². The predicted molar refractivity (Wildman–Crippen MR) is 314 cm³/mol. The zero-order valence-corrected chi connectivity index (χ0v) is 40.8. The Morgan fingerprint density at radius 1 is 0.240 bits per heavy atom. The topological polar surface area (TPSA) is 16.4 Å². The monoisotopic (exact) mass is 951 g/mol. The molecule has 0 N–H and O–H groups in total. The third kappa shape index (κ3) is 6.02. The van der Waals surface area contributed by atoms with Crippen LogP contribution in [-0.4, -0.2) is 0 Å². The fraction of sp³-hybridized carbons (Fsp3) is 0.0137. The van der Waals surface area contributed by atoms with Gasteiger partial charge in [-0.05, 0) is 154 Å². The zero-order valence-electron chi connectivity index (χ0n) is 40.8. The van der Waals surface area contributed by atoms with E-state index in [0.717, 1.165) is 66.8 Å². The highest BCUT2D eigenvalue weighted by Crippen LogP contribution is 2.64. The van der Waals surface area contributed by atoms with Crippen LogP contribution in [0.25, 0.3) is 110 Å². The van der Waals surface area contributed by atoms with Crippen molar-refractivity contribution in [3.05, 3.63) is 295 Å². The van der Waals surface area contributed by atoms with E-state index < -0.39 is 5.41 Å². The van der Waals surface area contributed by atoms with Crippen LogP contribution >= 0.6 is 0 Å². The first-order valence-electron chi connectivity index (χ1n) is 26.0. The summed E-state index contributed by atoms with van der Waals surface area (Å²) >= 11 is 0. The second-order valence-corrected chi connectivity index (χ2v) is 20.2. The van der Waals surface area contributed by atoms with E-state index in [0.29, 0.717) is 0 Å². The van der Waals surface area contributed by atoms with Crippen molar-refractivity contribution in [2.45, 2.75) is 5.41 Å². The van der Waals surface area contributed by atoms with E-state index in [1.165, 1.54) is 82.4 Å². The van der Waals surface area contributed by atoms with Crippen LogP contribution in [0.15, 0.2) is 277 Å². The minimum absolute atomic E-state index is 0.569.